The second kappa shape index (κ2) is 6.51. The minimum absolute atomic E-state index is 0.0488. The summed E-state index contributed by atoms with van der Waals surface area (Å²) in [6.07, 6.45) is 3.52. The fourth-order valence-electron chi connectivity index (χ4n) is 4.58. The van der Waals surface area contributed by atoms with Crippen LogP contribution < -0.4 is 0 Å². The van der Waals surface area contributed by atoms with Crippen molar-refractivity contribution in [3.05, 3.63) is 59.7 Å². The first-order valence-electron chi connectivity index (χ1n) is 9.02. The third-order valence-electron chi connectivity index (χ3n) is 6.11. The predicted octanol–water partition coefficient (Wildman–Crippen LogP) is 5.48. The van der Waals surface area contributed by atoms with E-state index in [-0.39, 0.29) is 5.41 Å². The summed E-state index contributed by atoms with van der Waals surface area (Å²) < 4.78 is 0. The number of aromatic hydroxyl groups is 2. The Kier molecular flexibility index (Phi) is 4.58. The standard InChI is InChI=1S/C22H28O2/c1-15(2)17-12-13-22(16(3)14-17,18-4-8-20(23)9-5-18)19-6-10-21(24)11-7-19/h4-11,15-17,23-24H,12-14H2,1-3H3. The van der Waals surface area contributed by atoms with E-state index in [1.54, 1.807) is 24.3 Å². The Labute approximate surface area is 145 Å². The largest absolute Gasteiger partial charge is 0.508 e. The topological polar surface area (TPSA) is 40.5 Å². The summed E-state index contributed by atoms with van der Waals surface area (Å²) in [6, 6.07) is 15.4. The van der Waals surface area contributed by atoms with E-state index in [1.165, 1.54) is 24.0 Å². The van der Waals surface area contributed by atoms with Gasteiger partial charge < -0.3 is 10.2 Å². The minimum Gasteiger partial charge on any atom is -0.508 e. The van der Waals surface area contributed by atoms with E-state index in [2.05, 4.69) is 45.0 Å². The summed E-state index contributed by atoms with van der Waals surface area (Å²) >= 11 is 0. The van der Waals surface area contributed by atoms with Crippen LogP contribution in [-0.4, -0.2) is 10.2 Å². The molecule has 0 heterocycles. The molecule has 1 aliphatic carbocycles. The van der Waals surface area contributed by atoms with E-state index < -0.39 is 0 Å². The smallest absolute Gasteiger partial charge is 0.115 e. The van der Waals surface area contributed by atoms with E-state index in [0.717, 1.165) is 12.3 Å². The van der Waals surface area contributed by atoms with Crippen LogP contribution in [0, 0.1) is 17.8 Å². The number of hydrogen-bond donors (Lipinski definition) is 2. The molecule has 2 atom stereocenters. The van der Waals surface area contributed by atoms with Gasteiger partial charge in [0.05, 0.1) is 0 Å². The Bertz CT molecular complexity index is 625. The van der Waals surface area contributed by atoms with Gasteiger partial charge in [-0.3, -0.25) is 0 Å². The average molecular weight is 324 g/mol. The van der Waals surface area contributed by atoms with Crippen LogP contribution in [0.3, 0.4) is 0 Å². The SMILES string of the molecule is CC(C)C1CCC(c2ccc(O)cc2)(c2ccc(O)cc2)C(C)C1. The Balaban J connectivity index is 2.08. The van der Waals surface area contributed by atoms with Crippen molar-refractivity contribution in [2.24, 2.45) is 17.8 Å². The molecule has 0 saturated heterocycles. The lowest BCUT2D eigenvalue weighted by atomic mass is 9.56. The van der Waals surface area contributed by atoms with E-state index in [0.29, 0.717) is 23.3 Å². The highest BCUT2D eigenvalue weighted by molar-refractivity contribution is 5.44. The first-order chi connectivity index (χ1) is 11.4. The van der Waals surface area contributed by atoms with Crippen molar-refractivity contribution in [3.8, 4) is 11.5 Å². The van der Waals surface area contributed by atoms with Gasteiger partial charge in [0, 0.05) is 5.41 Å². The number of hydrogen-bond acceptors (Lipinski definition) is 2. The predicted molar refractivity (Wildman–Crippen MR) is 98.3 cm³/mol. The van der Waals surface area contributed by atoms with Gasteiger partial charge in [-0.05, 0) is 72.4 Å². The second-order valence-corrected chi connectivity index (χ2v) is 7.74. The zero-order valence-corrected chi connectivity index (χ0v) is 14.9. The van der Waals surface area contributed by atoms with Gasteiger partial charge in [-0.15, -0.1) is 0 Å². The molecule has 2 aromatic rings. The molecule has 0 amide bonds. The monoisotopic (exact) mass is 324 g/mol. The molecule has 1 fully saturated rings. The van der Waals surface area contributed by atoms with Crippen LogP contribution in [-0.2, 0) is 5.41 Å². The summed E-state index contributed by atoms with van der Waals surface area (Å²) in [5.74, 6) is 2.60. The van der Waals surface area contributed by atoms with Crippen molar-refractivity contribution in [1.29, 1.82) is 0 Å². The molecular weight excluding hydrogens is 296 g/mol. The molecule has 2 aromatic carbocycles. The zero-order valence-electron chi connectivity index (χ0n) is 14.9. The Hall–Kier alpha value is -1.96. The van der Waals surface area contributed by atoms with Crippen LogP contribution in [0.2, 0.25) is 0 Å². The van der Waals surface area contributed by atoms with Gasteiger partial charge in [-0.2, -0.15) is 0 Å². The quantitative estimate of drug-likeness (QED) is 0.785. The summed E-state index contributed by atoms with van der Waals surface area (Å²) in [4.78, 5) is 0. The summed E-state index contributed by atoms with van der Waals surface area (Å²) in [7, 11) is 0. The molecule has 1 aliphatic rings. The van der Waals surface area contributed by atoms with Crippen molar-refractivity contribution in [1.82, 2.24) is 0 Å². The Morgan fingerprint density at radius 3 is 1.71 bits per heavy atom. The molecule has 0 radical (unpaired) electrons. The second-order valence-electron chi connectivity index (χ2n) is 7.74. The van der Waals surface area contributed by atoms with Crippen molar-refractivity contribution in [3.63, 3.8) is 0 Å². The first-order valence-corrected chi connectivity index (χ1v) is 9.02. The van der Waals surface area contributed by atoms with Gasteiger partial charge in [0.15, 0.2) is 0 Å². The molecule has 3 rings (SSSR count). The van der Waals surface area contributed by atoms with Gasteiger partial charge in [-0.25, -0.2) is 0 Å². The van der Waals surface area contributed by atoms with E-state index >= 15 is 0 Å². The van der Waals surface area contributed by atoms with Crippen molar-refractivity contribution >= 4 is 0 Å². The highest BCUT2D eigenvalue weighted by Gasteiger charge is 2.44. The van der Waals surface area contributed by atoms with Crippen LogP contribution >= 0.6 is 0 Å². The molecule has 0 aliphatic heterocycles. The lowest BCUT2D eigenvalue weighted by Gasteiger charge is -2.47. The van der Waals surface area contributed by atoms with Crippen LogP contribution in [0.4, 0.5) is 0 Å². The molecular formula is C22H28O2. The van der Waals surface area contributed by atoms with Crippen LogP contribution in [0.1, 0.15) is 51.2 Å². The van der Waals surface area contributed by atoms with E-state index in [4.69, 9.17) is 0 Å². The fourth-order valence-corrected chi connectivity index (χ4v) is 4.58. The highest BCUT2D eigenvalue weighted by Crippen LogP contribution is 2.51. The maximum absolute atomic E-state index is 9.69. The molecule has 1 saturated carbocycles. The zero-order chi connectivity index (χ0) is 17.3. The maximum Gasteiger partial charge on any atom is 0.115 e. The van der Waals surface area contributed by atoms with Crippen molar-refractivity contribution in [2.45, 2.75) is 45.4 Å². The molecule has 0 bridgehead atoms. The Morgan fingerprint density at radius 1 is 0.875 bits per heavy atom. The molecule has 2 heteroatoms. The molecule has 24 heavy (non-hydrogen) atoms. The molecule has 128 valence electrons. The molecule has 2 N–H and O–H groups in total. The van der Waals surface area contributed by atoms with Crippen LogP contribution in [0.25, 0.3) is 0 Å². The van der Waals surface area contributed by atoms with Gasteiger partial charge in [-0.1, -0.05) is 45.0 Å². The average Bonchev–Trinajstić information content (AvgIpc) is 2.56. The first kappa shape index (κ1) is 16.9. The lowest BCUT2D eigenvalue weighted by molar-refractivity contribution is 0.152. The maximum atomic E-state index is 9.69. The Morgan fingerprint density at radius 2 is 1.33 bits per heavy atom. The fraction of sp³-hybridized carbons (Fsp3) is 0.455. The molecule has 2 unspecified atom stereocenters. The third-order valence-corrected chi connectivity index (χ3v) is 6.11. The molecule has 2 nitrogen and oxygen atoms in total. The van der Waals surface area contributed by atoms with Crippen LogP contribution in [0.5, 0.6) is 11.5 Å². The molecule has 0 aromatic heterocycles. The van der Waals surface area contributed by atoms with Crippen molar-refractivity contribution < 1.29 is 10.2 Å². The summed E-state index contributed by atoms with van der Waals surface area (Å²) in [5, 5.41) is 19.4. The number of benzene rings is 2. The van der Waals surface area contributed by atoms with Crippen molar-refractivity contribution in [2.75, 3.05) is 0 Å². The van der Waals surface area contributed by atoms with Gasteiger partial charge >= 0.3 is 0 Å². The van der Waals surface area contributed by atoms with E-state index in [1.807, 2.05) is 0 Å². The molecule has 0 spiro atoms. The third kappa shape index (κ3) is 2.90. The highest BCUT2D eigenvalue weighted by atomic mass is 16.3. The number of rotatable bonds is 3. The van der Waals surface area contributed by atoms with Gasteiger partial charge in [0.2, 0.25) is 0 Å². The number of phenolic OH excluding ortho intramolecular Hbond substituents is 2. The number of phenols is 2. The minimum atomic E-state index is -0.0488. The lowest BCUT2D eigenvalue weighted by Crippen LogP contribution is -2.41. The summed E-state index contributed by atoms with van der Waals surface area (Å²) in [5.41, 5.74) is 2.48. The normalized spacial score (nSPS) is 23.3. The summed E-state index contributed by atoms with van der Waals surface area (Å²) in [6.45, 7) is 7.01. The van der Waals surface area contributed by atoms with Gasteiger partial charge in [0.1, 0.15) is 11.5 Å². The van der Waals surface area contributed by atoms with Gasteiger partial charge in [0.25, 0.3) is 0 Å². The van der Waals surface area contributed by atoms with E-state index in [9.17, 15) is 10.2 Å². The van der Waals surface area contributed by atoms with Crippen LogP contribution in [0.15, 0.2) is 48.5 Å².